The highest BCUT2D eigenvalue weighted by Crippen LogP contribution is 2.42. The molecular weight excluding hydrogens is 592 g/mol. The first-order valence-corrected chi connectivity index (χ1v) is 15.9. The first kappa shape index (κ1) is 36.9. The smallest absolute Gasteiger partial charge is 0.405 e. The lowest BCUT2D eigenvalue weighted by molar-refractivity contribution is -0.112. The Bertz CT molecular complexity index is 1290. The van der Waals surface area contributed by atoms with Crippen molar-refractivity contribution in [3.05, 3.63) is 47.1 Å². The number of likely N-dealkylation sites (tertiary alicyclic amines) is 1. The number of methoxy groups -OCH3 is 2. The van der Waals surface area contributed by atoms with Crippen LogP contribution in [0.15, 0.2) is 41.5 Å². The zero-order chi connectivity index (χ0) is 34.0. The van der Waals surface area contributed by atoms with Gasteiger partial charge in [-0.1, -0.05) is 38.2 Å². The van der Waals surface area contributed by atoms with Crippen LogP contribution in [0, 0.1) is 11.8 Å². The third-order valence-electron chi connectivity index (χ3n) is 8.76. The van der Waals surface area contributed by atoms with Crippen LogP contribution in [0.4, 0.5) is 16.2 Å². The monoisotopic (exact) mass is 644 g/mol. The van der Waals surface area contributed by atoms with E-state index in [1.165, 1.54) is 33.1 Å². The number of phenols is 2. The van der Waals surface area contributed by atoms with Crippen LogP contribution in [0.1, 0.15) is 52.5 Å². The van der Waals surface area contributed by atoms with Crippen LogP contribution >= 0.6 is 0 Å². The zero-order valence-electron chi connectivity index (χ0n) is 27.9. The number of carbonyl (C=O) groups excluding carboxylic acids is 2. The number of carbonyl (C=O) groups is 2. The Kier molecular flexibility index (Phi) is 13.9. The number of phenolic OH excluding ortho intramolecular Hbond substituents is 2. The van der Waals surface area contributed by atoms with E-state index < -0.39 is 42.3 Å². The molecule has 0 unspecified atom stereocenters. The normalized spacial score (nSPS) is 30.0. The van der Waals surface area contributed by atoms with Gasteiger partial charge in [0.15, 0.2) is 6.10 Å². The Balaban J connectivity index is 2.04. The van der Waals surface area contributed by atoms with Crippen molar-refractivity contribution in [2.45, 2.75) is 77.8 Å². The van der Waals surface area contributed by atoms with Crippen LogP contribution in [0.3, 0.4) is 0 Å². The van der Waals surface area contributed by atoms with Gasteiger partial charge < -0.3 is 50.8 Å². The molecule has 0 aromatic heterocycles. The minimum absolute atomic E-state index is 0.0749. The average molecular weight is 645 g/mol. The van der Waals surface area contributed by atoms with Gasteiger partial charge in [0.25, 0.3) is 5.91 Å². The topological polar surface area (TPSA) is 176 Å². The van der Waals surface area contributed by atoms with Gasteiger partial charge in [0.1, 0.15) is 17.6 Å². The fourth-order valence-electron chi connectivity index (χ4n) is 6.15. The quantitative estimate of drug-likeness (QED) is 0.144. The summed E-state index contributed by atoms with van der Waals surface area (Å²) < 4.78 is 16.7. The van der Waals surface area contributed by atoms with E-state index in [1.54, 1.807) is 38.2 Å². The van der Waals surface area contributed by atoms with Gasteiger partial charge in [-0.05, 0) is 64.1 Å². The molecule has 1 aromatic carbocycles. The summed E-state index contributed by atoms with van der Waals surface area (Å²) in [6.07, 6.45) is 5.52. The van der Waals surface area contributed by atoms with E-state index in [0.717, 1.165) is 19.6 Å². The number of ether oxygens (including phenoxy) is 3. The number of rotatable bonds is 7. The molecule has 6 atom stereocenters. The van der Waals surface area contributed by atoms with E-state index in [2.05, 4.69) is 15.5 Å². The first-order valence-electron chi connectivity index (χ1n) is 15.9. The number of nitrogens with one attached hydrogen (secondary N) is 2. The SMILES string of the molecule is CO[C@@H]1/C=C\C=C(\C)C(=O)Nc2cc(O)c(NCCN3CCCC3)c(c2O)C[C@@H](C)C[C@@H](OC)[C@@H](O)[C@@H](C)/C=C(/C)[C@H]1OC(N)=O. The van der Waals surface area contributed by atoms with Gasteiger partial charge in [0.2, 0.25) is 0 Å². The molecule has 1 fully saturated rings. The Hall–Kier alpha value is -3.58. The van der Waals surface area contributed by atoms with Gasteiger partial charge in [-0.25, -0.2) is 4.79 Å². The summed E-state index contributed by atoms with van der Waals surface area (Å²) in [4.78, 5) is 27.3. The number of nitrogens with zero attached hydrogens (tertiary/aromatic N) is 1. The van der Waals surface area contributed by atoms with Crippen molar-refractivity contribution in [3.63, 3.8) is 0 Å². The van der Waals surface area contributed by atoms with Gasteiger partial charge in [0, 0.05) is 50.4 Å². The molecule has 46 heavy (non-hydrogen) atoms. The zero-order valence-corrected chi connectivity index (χ0v) is 27.9. The molecule has 1 aromatic rings. The number of anilines is 2. The molecule has 256 valence electrons. The number of amides is 2. The highest BCUT2D eigenvalue weighted by Gasteiger charge is 2.30. The molecular formula is C34H52N4O8. The molecule has 2 heterocycles. The van der Waals surface area contributed by atoms with Crippen LogP contribution in [-0.2, 0) is 25.4 Å². The summed E-state index contributed by atoms with van der Waals surface area (Å²) >= 11 is 0. The second-order valence-corrected chi connectivity index (χ2v) is 12.4. The molecule has 12 heteroatoms. The van der Waals surface area contributed by atoms with Crippen molar-refractivity contribution >= 4 is 23.4 Å². The Morgan fingerprint density at radius 1 is 1.15 bits per heavy atom. The molecule has 12 nitrogen and oxygen atoms in total. The molecule has 2 aliphatic rings. The molecule has 7 N–H and O–H groups in total. The molecule has 0 spiro atoms. The van der Waals surface area contributed by atoms with E-state index in [1.807, 2.05) is 13.8 Å². The Morgan fingerprint density at radius 3 is 2.48 bits per heavy atom. The maximum atomic E-state index is 13.2. The van der Waals surface area contributed by atoms with Gasteiger partial charge in [0.05, 0.1) is 23.6 Å². The lowest BCUT2D eigenvalue weighted by Crippen LogP contribution is -2.37. The van der Waals surface area contributed by atoms with E-state index >= 15 is 0 Å². The summed E-state index contributed by atoms with van der Waals surface area (Å²) in [5.41, 5.74) is 7.25. The standard InChI is InChI=1S/C34H52N4O8/c1-20-16-24-29(36-12-15-38-13-7-8-14-38)26(39)19-25(31(24)41)37-33(42)21(2)10-9-11-27(44-5)32(46-34(35)43)23(4)18-22(3)30(40)28(17-20)45-6/h9-11,18-20,22,27-28,30,32,36,39-41H,7-8,12-17H2,1-6H3,(H2,35,43)(H,37,42)/b11-9-,21-10-,23-18-/t20-,22+,27-,28-,30+,32-/m1/s1. The molecule has 0 saturated carbocycles. The Morgan fingerprint density at radius 2 is 1.85 bits per heavy atom. The summed E-state index contributed by atoms with van der Waals surface area (Å²) in [6.45, 7) is 10.6. The van der Waals surface area contributed by atoms with Crippen molar-refractivity contribution in [1.82, 2.24) is 4.90 Å². The maximum absolute atomic E-state index is 13.2. The largest absolute Gasteiger partial charge is 0.506 e. The van der Waals surface area contributed by atoms with Gasteiger partial charge in [-0.2, -0.15) is 0 Å². The summed E-state index contributed by atoms with van der Waals surface area (Å²) in [5, 5.41) is 40.0. The van der Waals surface area contributed by atoms with Crippen LogP contribution in [0.5, 0.6) is 11.5 Å². The highest BCUT2D eigenvalue weighted by molar-refractivity contribution is 6.04. The van der Waals surface area contributed by atoms with Crippen molar-refractivity contribution in [1.29, 1.82) is 0 Å². The summed E-state index contributed by atoms with van der Waals surface area (Å²) in [5.74, 6) is -1.26. The number of hydrogen-bond donors (Lipinski definition) is 6. The lowest BCUT2D eigenvalue weighted by atomic mass is 9.87. The molecule has 0 radical (unpaired) electrons. The summed E-state index contributed by atoms with van der Waals surface area (Å²) in [6, 6.07) is 1.34. The van der Waals surface area contributed by atoms with Crippen LogP contribution in [-0.4, -0.2) is 97.0 Å². The molecule has 0 aliphatic carbocycles. The number of nitrogens with two attached hydrogens (primary N) is 1. The minimum atomic E-state index is -0.982. The van der Waals surface area contributed by atoms with Crippen LogP contribution in [0.25, 0.3) is 0 Å². The van der Waals surface area contributed by atoms with Crippen LogP contribution < -0.4 is 16.4 Å². The van der Waals surface area contributed by atoms with Crippen molar-refractivity contribution in [2.75, 3.05) is 51.0 Å². The van der Waals surface area contributed by atoms with E-state index in [0.29, 0.717) is 41.8 Å². The number of aliphatic hydroxyl groups excluding tert-OH is 1. The average Bonchev–Trinajstić information content (AvgIpc) is 3.53. The number of primary amides is 1. The number of allylic oxidation sites excluding steroid dienone is 2. The minimum Gasteiger partial charge on any atom is -0.506 e. The third kappa shape index (κ3) is 9.96. The second-order valence-electron chi connectivity index (χ2n) is 12.4. The second kappa shape index (κ2) is 17.4. The number of fused-ring (bicyclic) bond motifs is 2. The van der Waals surface area contributed by atoms with Gasteiger partial charge >= 0.3 is 6.09 Å². The van der Waals surface area contributed by atoms with Gasteiger partial charge in [-0.15, -0.1) is 0 Å². The first-order chi connectivity index (χ1) is 21.9. The molecule has 3 rings (SSSR count). The highest BCUT2D eigenvalue weighted by atomic mass is 16.6. The predicted molar refractivity (Wildman–Crippen MR) is 178 cm³/mol. The van der Waals surface area contributed by atoms with E-state index in [9.17, 15) is 24.9 Å². The molecule has 2 aliphatic heterocycles. The van der Waals surface area contributed by atoms with Crippen molar-refractivity contribution < 1.29 is 39.1 Å². The predicted octanol–water partition coefficient (Wildman–Crippen LogP) is 4.07. The van der Waals surface area contributed by atoms with E-state index in [4.69, 9.17) is 19.9 Å². The summed E-state index contributed by atoms with van der Waals surface area (Å²) in [7, 11) is 2.99. The number of hydrogen-bond acceptors (Lipinski definition) is 10. The van der Waals surface area contributed by atoms with Gasteiger partial charge in [-0.3, -0.25) is 4.79 Å². The number of aliphatic hydroxyl groups is 1. The van der Waals surface area contributed by atoms with Crippen LogP contribution in [0.2, 0.25) is 0 Å². The maximum Gasteiger partial charge on any atom is 0.405 e. The Labute approximate surface area is 272 Å². The molecule has 2 bridgehead atoms. The molecule has 2 amide bonds. The fraction of sp³-hybridized carbons (Fsp3) is 0.588. The number of aromatic hydroxyl groups is 2. The van der Waals surface area contributed by atoms with E-state index in [-0.39, 0.29) is 23.1 Å². The molecule has 1 saturated heterocycles. The number of benzene rings is 1. The van der Waals surface area contributed by atoms with Crippen molar-refractivity contribution in [3.8, 4) is 11.5 Å². The van der Waals surface area contributed by atoms with Crippen molar-refractivity contribution in [2.24, 2.45) is 17.6 Å². The lowest BCUT2D eigenvalue weighted by Gasteiger charge is -2.29. The fourth-order valence-corrected chi connectivity index (χ4v) is 6.15. The third-order valence-corrected chi connectivity index (χ3v) is 8.76.